The van der Waals surface area contributed by atoms with Gasteiger partial charge in [0.1, 0.15) is 17.1 Å². The summed E-state index contributed by atoms with van der Waals surface area (Å²) in [6.07, 6.45) is 1.76. The number of phenolic OH excluding ortho intramolecular Hbond substituents is 1. The van der Waals surface area contributed by atoms with Crippen molar-refractivity contribution >= 4 is 16.7 Å². The van der Waals surface area contributed by atoms with Crippen LogP contribution in [0.2, 0.25) is 0 Å². The minimum absolute atomic E-state index is 0.143. The fourth-order valence-corrected chi connectivity index (χ4v) is 3.76. The van der Waals surface area contributed by atoms with Gasteiger partial charge in [-0.3, -0.25) is 0 Å². The van der Waals surface area contributed by atoms with Crippen molar-refractivity contribution in [3.63, 3.8) is 0 Å². The van der Waals surface area contributed by atoms with Crippen molar-refractivity contribution in [2.45, 2.75) is 26.8 Å². The van der Waals surface area contributed by atoms with E-state index in [4.69, 9.17) is 9.47 Å². The third-order valence-corrected chi connectivity index (χ3v) is 5.35. The predicted molar refractivity (Wildman–Crippen MR) is 127 cm³/mol. The van der Waals surface area contributed by atoms with Crippen LogP contribution in [0.1, 0.15) is 35.3 Å². The maximum absolute atomic E-state index is 11.2. The van der Waals surface area contributed by atoms with Crippen LogP contribution in [0.3, 0.4) is 0 Å². The number of anilines is 1. The van der Waals surface area contributed by atoms with Crippen LogP contribution < -0.4 is 14.8 Å². The Morgan fingerprint density at radius 3 is 2.56 bits per heavy atom. The largest absolute Gasteiger partial charge is 0.505 e. The molecule has 0 fully saturated rings. The van der Waals surface area contributed by atoms with Gasteiger partial charge in [-0.2, -0.15) is 0 Å². The molecule has 2 heterocycles. The van der Waals surface area contributed by atoms with Gasteiger partial charge in [0.25, 0.3) is 0 Å². The molecule has 2 aromatic heterocycles. The van der Waals surface area contributed by atoms with Gasteiger partial charge >= 0.3 is 0 Å². The number of methoxy groups -OCH3 is 1. The van der Waals surface area contributed by atoms with E-state index in [9.17, 15) is 5.11 Å². The minimum atomic E-state index is -0.388. The van der Waals surface area contributed by atoms with Crippen molar-refractivity contribution in [2.75, 3.05) is 19.0 Å². The van der Waals surface area contributed by atoms with Gasteiger partial charge in [-0.05, 0) is 62.2 Å². The normalized spacial score (nSPS) is 11.9. The smallest absolute Gasteiger partial charge is 0.161 e. The number of pyridine rings is 2. The molecule has 164 valence electrons. The zero-order valence-corrected chi connectivity index (χ0v) is 18.7. The van der Waals surface area contributed by atoms with Crippen molar-refractivity contribution in [1.29, 1.82) is 0 Å². The van der Waals surface area contributed by atoms with E-state index in [0.29, 0.717) is 35.0 Å². The van der Waals surface area contributed by atoms with Gasteiger partial charge in [-0.15, -0.1) is 0 Å². The Hall–Kier alpha value is -3.80. The highest BCUT2D eigenvalue weighted by Crippen LogP contribution is 2.39. The summed E-state index contributed by atoms with van der Waals surface area (Å²) in [4.78, 5) is 9.03. The number of rotatable bonds is 7. The van der Waals surface area contributed by atoms with E-state index < -0.39 is 0 Å². The lowest BCUT2D eigenvalue weighted by atomic mass is 9.95. The Bertz CT molecular complexity index is 1260. The third kappa shape index (κ3) is 4.30. The highest BCUT2D eigenvalue weighted by Gasteiger charge is 2.22. The Labute approximate surface area is 187 Å². The van der Waals surface area contributed by atoms with Gasteiger partial charge in [-0.1, -0.05) is 24.3 Å². The number of benzene rings is 2. The molecule has 0 saturated heterocycles. The zero-order valence-electron chi connectivity index (χ0n) is 18.7. The van der Waals surface area contributed by atoms with Gasteiger partial charge in [0.05, 0.1) is 19.8 Å². The lowest BCUT2D eigenvalue weighted by Gasteiger charge is -2.23. The van der Waals surface area contributed by atoms with Gasteiger partial charge in [0.2, 0.25) is 0 Å². The molecule has 0 aliphatic carbocycles. The number of nitrogens with one attached hydrogen (secondary N) is 1. The molecule has 0 amide bonds. The van der Waals surface area contributed by atoms with Crippen LogP contribution in [0.5, 0.6) is 17.2 Å². The lowest BCUT2D eigenvalue weighted by molar-refractivity contribution is 0.310. The van der Waals surface area contributed by atoms with Crippen molar-refractivity contribution in [3.05, 3.63) is 83.2 Å². The number of aromatic nitrogens is 2. The summed E-state index contributed by atoms with van der Waals surface area (Å²) in [5.41, 5.74) is 4.11. The zero-order chi connectivity index (χ0) is 22.7. The molecule has 2 aromatic carbocycles. The molecule has 0 radical (unpaired) electrons. The van der Waals surface area contributed by atoms with E-state index >= 15 is 0 Å². The van der Waals surface area contributed by atoms with E-state index in [1.807, 2.05) is 75.4 Å². The maximum Gasteiger partial charge on any atom is 0.161 e. The van der Waals surface area contributed by atoms with Crippen LogP contribution >= 0.6 is 0 Å². The first-order valence-corrected chi connectivity index (χ1v) is 10.6. The molecule has 4 rings (SSSR count). The second-order valence-electron chi connectivity index (χ2n) is 7.67. The van der Waals surface area contributed by atoms with Crippen molar-refractivity contribution < 1.29 is 14.6 Å². The average molecular weight is 430 g/mol. The summed E-state index contributed by atoms with van der Waals surface area (Å²) < 4.78 is 11.2. The van der Waals surface area contributed by atoms with Crippen molar-refractivity contribution in [3.8, 4) is 17.2 Å². The van der Waals surface area contributed by atoms with Crippen LogP contribution in [-0.2, 0) is 0 Å². The molecule has 0 spiro atoms. The van der Waals surface area contributed by atoms with Crippen LogP contribution in [0, 0.1) is 13.8 Å². The van der Waals surface area contributed by atoms with Crippen molar-refractivity contribution in [2.24, 2.45) is 0 Å². The first-order chi connectivity index (χ1) is 15.5. The molecule has 2 N–H and O–H groups in total. The molecule has 6 heteroatoms. The fourth-order valence-electron chi connectivity index (χ4n) is 3.76. The maximum atomic E-state index is 11.2. The number of aryl methyl sites for hydroxylation is 2. The van der Waals surface area contributed by atoms with Gasteiger partial charge < -0.3 is 19.9 Å². The summed E-state index contributed by atoms with van der Waals surface area (Å²) in [5, 5.41) is 15.6. The SMILES string of the molecule is CCOc1ccc([C@H](Nc2cc(C)ccn2)c2ccc3ccc(C)nc3c2O)cc1OC. The second-order valence-corrected chi connectivity index (χ2v) is 7.67. The fraction of sp³-hybridized carbons (Fsp3) is 0.231. The number of fused-ring (bicyclic) bond motifs is 1. The third-order valence-electron chi connectivity index (χ3n) is 5.35. The van der Waals surface area contributed by atoms with Gasteiger partial charge in [0.15, 0.2) is 11.5 Å². The highest BCUT2D eigenvalue weighted by molar-refractivity contribution is 5.86. The molecule has 6 nitrogen and oxygen atoms in total. The first kappa shape index (κ1) is 21.4. The lowest BCUT2D eigenvalue weighted by Crippen LogP contribution is -2.14. The van der Waals surface area contributed by atoms with E-state index in [0.717, 1.165) is 22.2 Å². The van der Waals surface area contributed by atoms with Crippen molar-refractivity contribution in [1.82, 2.24) is 9.97 Å². The van der Waals surface area contributed by atoms with Crippen LogP contribution in [0.4, 0.5) is 5.82 Å². The van der Waals surface area contributed by atoms with Crippen LogP contribution in [0.25, 0.3) is 10.9 Å². The van der Waals surface area contributed by atoms with E-state index in [1.165, 1.54) is 0 Å². The van der Waals surface area contributed by atoms with Gasteiger partial charge in [-0.25, -0.2) is 9.97 Å². The topological polar surface area (TPSA) is 76.5 Å². The first-order valence-electron chi connectivity index (χ1n) is 10.6. The summed E-state index contributed by atoms with van der Waals surface area (Å²) in [7, 11) is 1.62. The molecule has 0 saturated carbocycles. The summed E-state index contributed by atoms with van der Waals surface area (Å²) >= 11 is 0. The van der Waals surface area contributed by atoms with E-state index in [1.54, 1.807) is 13.3 Å². The predicted octanol–water partition coefficient (Wildman–Crippen LogP) is 5.56. The monoisotopic (exact) mass is 429 g/mol. The number of hydrogen-bond donors (Lipinski definition) is 2. The molecular weight excluding hydrogens is 402 g/mol. The number of ether oxygens (including phenoxy) is 2. The molecule has 1 atom stereocenters. The molecule has 4 aromatic rings. The number of hydrogen-bond acceptors (Lipinski definition) is 6. The second kappa shape index (κ2) is 9.14. The quantitative estimate of drug-likeness (QED) is 0.400. The Balaban J connectivity index is 1.87. The summed E-state index contributed by atoms with van der Waals surface area (Å²) in [6.45, 7) is 6.40. The summed E-state index contributed by atoms with van der Waals surface area (Å²) in [5.74, 6) is 2.15. The Kier molecular flexibility index (Phi) is 6.12. The van der Waals surface area contributed by atoms with E-state index in [-0.39, 0.29) is 11.8 Å². The minimum Gasteiger partial charge on any atom is -0.505 e. The number of phenols is 1. The summed E-state index contributed by atoms with van der Waals surface area (Å²) in [6, 6.07) is 17.1. The molecule has 0 bridgehead atoms. The average Bonchev–Trinajstić information content (AvgIpc) is 2.79. The molecule has 0 aliphatic heterocycles. The van der Waals surface area contributed by atoms with Crippen LogP contribution in [0.15, 0.2) is 60.8 Å². The Morgan fingerprint density at radius 2 is 1.81 bits per heavy atom. The molecule has 0 aliphatic rings. The highest BCUT2D eigenvalue weighted by atomic mass is 16.5. The standard InChI is InChI=1S/C26H27N3O3/c1-5-32-21-11-9-19(15-22(21)31-4)24(29-23-14-16(2)12-13-27-23)20-10-8-18-7-6-17(3)28-25(18)26(20)30/h6-15,24,30H,5H2,1-4H3,(H,27,29)/t24-/m0/s1. The number of nitrogens with zero attached hydrogens (tertiary/aromatic N) is 2. The molecule has 32 heavy (non-hydrogen) atoms. The Morgan fingerprint density at radius 1 is 1.00 bits per heavy atom. The number of aromatic hydroxyl groups is 1. The molecule has 0 unspecified atom stereocenters. The van der Waals surface area contributed by atoms with Crippen LogP contribution in [-0.4, -0.2) is 28.8 Å². The van der Waals surface area contributed by atoms with Gasteiger partial charge in [0, 0.05) is 22.8 Å². The van der Waals surface area contributed by atoms with E-state index in [2.05, 4.69) is 15.3 Å². The molecular formula is C26H27N3O3.